The lowest BCUT2D eigenvalue weighted by atomic mass is 10.4. The van der Waals surface area contributed by atoms with Crippen molar-refractivity contribution >= 4 is 0 Å². The first-order valence-corrected chi connectivity index (χ1v) is 5.14. The molecule has 0 N–H and O–H groups in total. The molecule has 0 amide bonds. The fourth-order valence-corrected chi connectivity index (χ4v) is 0.604. The van der Waals surface area contributed by atoms with E-state index in [1.165, 1.54) is 0 Å². The van der Waals surface area contributed by atoms with Crippen molar-refractivity contribution in [3.05, 3.63) is 73.4 Å². The van der Waals surface area contributed by atoms with Crippen LogP contribution in [0.4, 0.5) is 0 Å². The highest BCUT2D eigenvalue weighted by molar-refractivity contribution is 5.09. The molecule has 0 heterocycles. The van der Waals surface area contributed by atoms with Gasteiger partial charge >= 0.3 is 0 Å². The molecule has 15 heavy (non-hydrogen) atoms. The zero-order valence-electron chi connectivity index (χ0n) is 10.1. The van der Waals surface area contributed by atoms with Gasteiger partial charge < -0.3 is 0 Å². The molecule has 0 aliphatic carbocycles. The highest BCUT2D eigenvalue weighted by Gasteiger charge is 1.55. The molecule has 0 saturated carbocycles. The maximum atomic E-state index is 3.51. The van der Waals surface area contributed by atoms with Crippen LogP contribution in [0.2, 0.25) is 0 Å². The van der Waals surface area contributed by atoms with Gasteiger partial charge in [0.1, 0.15) is 0 Å². The Balaban J connectivity index is 0. The third kappa shape index (κ3) is 24.5. The minimum atomic E-state index is 1.75. The van der Waals surface area contributed by atoms with E-state index in [1.807, 2.05) is 81.5 Å². The molecule has 82 valence electrons. The van der Waals surface area contributed by atoms with E-state index in [4.69, 9.17) is 0 Å². The van der Waals surface area contributed by atoms with Gasteiger partial charge in [-0.25, -0.2) is 0 Å². The first-order chi connectivity index (χ1) is 7.33. The summed E-state index contributed by atoms with van der Waals surface area (Å²) in [6.07, 6.45) is 21.5. The molecular weight excluding hydrogens is 180 g/mol. The highest BCUT2D eigenvalue weighted by Crippen LogP contribution is 1.77. The Morgan fingerprint density at radius 2 is 0.867 bits per heavy atom. The van der Waals surface area contributed by atoms with Gasteiger partial charge in [0.25, 0.3) is 0 Å². The Morgan fingerprint density at radius 3 is 1.13 bits per heavy atom. The lowest BCUT2D eigenvalue weighted by Gasteiger charge is -1.68. The van der Waals surface area contributed by atoms with Crippen molar-refractivity contribution in [2.75, 3.05) is 0 Å². The molecule has 0 nitrogen and oxygen atoms in total. The van der Waals surface area contributed by atoms with Gasteiger partial charge in [0.15, 0.2) is 0 Å². The first kappa shape index (κ1) is 15.9. The van der Waals surface area contributed by atoms with Crippen molar-refractivity contribution in [2.24, 2.45) is 0 Å². The molecule has 0 aromatic rings. The van der Waals surface area contributed by atoms with Crippen LogP contribution in [0.5, 0.6) is 0 Å². The second kappa shape index (κ2) is 18.3. The van der Waals surface area contributed by atoms with Crippen LogP contribution in [0.15, 0.2) is 73.4 Å². The molecule has 0 aliphatic heterocycles. The SMILES string of the molecule is C/C=C/C=C/C=C/C.C=C/C=C/C=C/C. The van der Waals surface area contributed by atoms with E-state index in [0.717, 1.165) is 0 Å². The van der Waals surface area contributed by atoms with Crippen LogP contribution in [-0.2, 0) is 0 Å². The van der Waals surface area contributed by atoms with Crippen LogP contribution in [0.1, 0.15) is 20.8 Å². The summed E-state index contributed by atoms with van der Waals surface area (Å²) in [5, 5.41) is 0. The van der Waals surface area contributed by atoms with Crippen LogP contribution in [-0.4, -0.2) is 0 Å². The maximum Gasteiger partial charge on any atom is -0.0467 e. The number of allylic oxidation sites excluding steroid dienone is 11. The van der Waals surface area contributed by atoms with Gasteiger partial charge in [0.05, 0.1) is 0 Å². The van der Waals surface area contributed by atoms with Gasteiger partial charge in [0, 0.05) is 0 Å². The molecule has 0 aromatic carbocycles. The lowest BCUT2D eigenvalue weighted by molar-refractivity contribution is 1.71. The van der Waals surface area contributed by atoms with E-state index in [-0.39, 0.29) is 0 Å². The van der Waals surface area contributed by atoms with Gasteiger partial charge in [-0.2, -0.15) is 0 Å². The Labute approximate surface area is 94.7 Å². The van der Waals surface area contributed by atoms with Crippen LogP contribution in [0.25, 0.3) is 0 Å². The van der Waals surface area contributed by atoms with Crippen molar-refractivity contribution in [3.8, 4) is 0 Å². The molecule has 0 aliphatic rings. The topological polar surface area (TPSA) is 0 Å². The fraction of sp³-hybridized carbons (Fsp3) is 0.200. The smallest absolute Gasteiger partial charge is 0.0467 e. The van der Waals surface area contributed by atoms with Gasteiger partial charge in [-0.1, -0.05) is 73.4 Å². The van der Waals surface area contributed by atoms with E-state index in [0.29, 0.717) is 0 Å². The van der Waals surface area contributed by atoms with E-state index < -0.39 is 0 Å². The Morgan fingerprint density at radius 1 is 0.533 bits per heavy atom. The summed E-state index contributed by atoms with van der Waals surface area (Å²) in [7, 11) is 0. The van der Waals surface area contributed by atoms with Gasteiger partial charge in [-0.05, 0) is 20.8 Å². The maximum absolute atomic E-state index is 3.51. The predicted octanol–water partition coefficient (Wildman–Crippen LogP) is 5.00. The van der Waals surface area contributed by atoms with Crippen molar-refractivity contribution in [1.82, 2.24) is 0 Å². The Hall–Kier alpha value is -1.56. The van der Waals surface area contributed by atoms with Gasteiger partial charge in [0.2, 0.25) is 0 Å². The standard InChI is InChI=1S/C8H12.C7H10/c1-3-5-7-8-6-4-2;1-3-5-7-6-4-2/h3-8H,1-2H3;3-7H,1H2,2H3/b5-3+,6-4+,8-7+;6-4+,7-5+. The fourth-order valence-electron chi connectivity index (χ4n) is 0.604. The largest absolute Gasteiger partial charge is 0.0991 e. The third-order valence-electron chi connectivity index (χ3n) is 1.27. The molecule has 0 unspecified atom stereocenters. The zero-order valence-corrected chi connectivity index (χ0v) is 10.1. The summed E-state index contributed by atoms with van der Waals surface area (Å²) in [6.45, 7) is 9.49. The first-order valence-electron chi connectivity index (χ1n) is 5.14. The molecule has 0 spiro atoms. The lowest BCUT2D eigenvalue weighted by Crippen LogP contribution is -1.46. The minimum absolute atomic E-state index is 1.75. The molecule has 0 radical (unpaired) electrons. The Bertz CT molecular complexity index is 233. The summed E-state index contributed by atoms with van der Waals surface area (Å²) in [4.78, 5) is 0. The van der Waals surface area contributed by atoms with E-state index >= 15 is 0 Å². The molecule has 0 heteroatoms. The highest BCUT2D eigenvalue weighted by atomic mass is 13.6. The average molecular weight is 202 g/mol. The summed E-state index contributed by atoms with van der Waals surface area (Å²) < 4.78 is 0. The van der Waals surface area contributed by atoms with Gasteiger partial charge in [-0.15, -0.1) is 0 Å². The zero-order chi connectivity index (χ0) is 11.8. The molecule has 0 atom stereocenters. The van der Waals surface area contributed by atoms with Crippen molar-refractivity contribution in [1.29, 1.82) is 0 Å². The van der Waals surface area contributed by atoms with Crippen molar-refractivity contribution < 1.29 is 0 Å². The summed E-state index contributed by atoms with van der Waals surface area (Å²) in [6, 6.07) is 0. The second-order valence-electron chi connectivity index (χ2n) is 2.58. The van der Waals surface area contributed by atoms with E-state index in [1.54, 1.807) is 6.08 Å². The van der Waals surface area contributed by atoms with Gasteiger partial charge in [-0.3, -0.25) is 0 Å². The third-order valence-corrected chi connectivity index (χ3v) is 1.27. The molecule has 0 rings (SSSR count). The van der Waals surface area contributed by atoms with Crippen molar-refractivity contribution in [2.45, 2.75) is 20.8 Å². The Kier molecular flexibility index (Phi) is 19.4. The average Bonchev–Trinajstić information content (AvgIpc) is 2.26. The molecule has 0 fully saturated rings. The van der Waals surface area contributed by atoms with E-state index in [2.05, 4.69) is 6.58 Å². The monoisotopic (exact) mass is 202 g/mol. The van der Waals surface area contributed by atoms with E-state index in [9.17, 15) is 0 Å². The molecule has 0 bridgehead atoms. The van der Waals surface area contributed by atoms with Crippen LogP contribution in [0, 0.1) is 0 Å². The van der Waals surface area contributed by atoms with Crippen molar-refractivity contribution in [3.63, 3.8) is 0 Å². The second-order valence-corrected chi connectivity index (χ2v) is 2.58. The molecule has 0 aromatic heterocycles. The summed E-state index contributed by atoms with van der Waals surface area (Å²) in [5.74, 6) is 0. The summed E-state index contributed by atoms with van der Waals surface area (Å²) >= 11 is 0. The van der Waals surface area contributed by atoms with Crippen LogP contribution in [0.3, 0.4) is 0 Å². The molecule has 0 saturated heterocycles. The predicted molar refractivity (Wildman–Crippen MR) is 72.9 cm³/mol. The summed E-state index contributed by atoms with van der Waals surface area (Å²) in [5.41, 5.74) is 0. The van der Waals surface area contributed by atoms with Crippen LogP contribution >= 0.6 is 0 Å². The number of rotatable bonds is 4. The quantitative estimate of drug-likeness (QED) is 0.563. The number of hydrogen-bond donors (Lipinski definition) is 0. The molecular formula is C15H22. The van der Waals surface area contributed by atoms with Crippen LogP contribution < -0.4 is 0 Å². The minimum Gasteiger partial charge on any atom is -0.0991 e. The number of hydrogen-bond acceptors (Lipinski definition) is 0. The normalized spacial score (nSPS) is 11.9.